The number of nitrogens with one attached hydrogen (secondary N) is 1. The van der Waals surface area contributed by atoms with Crippen molar-refractivity contribution in [2.75, 3.05) is 12.4 Å². The number of oxazole rings is 1. The molecule has 1 aromatic carbocycles. The highest BCUT2D eigenvalue weighted by molar-refractivity contribution is 5.94. The van der Waals surface area contributed by atoms with Crippen LogP contribution in [0.4, 0.5) is 18.9 Å². The second-order valence-electron chi connectivity index (χ2n) is 6.62. The third kappa shape index (κ3) is 3.47. The predicted octanol–water partition coefficient (Wildman–Crippen LogP) is 3.39. The van der Waals surface area contributed by atoms with Gasteiger partial charge in [-0.1, -0.05) is 0 Å². The van der Waals surface area contributed by atoms with E-state index in [1.54, 1.807) is 18.2 Å². The first-order valence-electron chi connectivity index (χ1n) is 8.66. The summed E-state index contributed by atoms with van der Waals surface area (Å²) < 4.78 is 50.5. The highest BCUT2D eigenvalue weighted by atomic mass is 19.4. The zero-order chi connectivity index (χ0) is 19.9. The Hall–Kier alpha value is -2.88. The van der Waals surface area contributed by atoms with Gasteiger partial charge in [-0.25, -0.2) is 9.97 Å². The molecule has 0 bridgehead atoms. The minimum Gasteiger partial charge on any atom is -0.438 e. The molecule has 4 rings (SSSR count). The monoisotopic (exact) mass is 394 g/mol. The lowest BCUT2D eigenvalue weighted by atomic mass is 9.95. The Morgan fingerprint density at radius 1 is 1.43 bits per heavy atom. The molecule has 3 aromatic rings. The van der Waals surface area contributed by atoms with Crippen molar-refractivity contribution >= 4 is 22.7 Å². The standard InChI is InChI=1S/C18H17F3N4O3/c1-27-9-15-24-13-7-11(2-3-14(13)28-15)23-16(26)10-4-5-25-12(6-10)8-22-17(25)18(19,20)21/h2-3,7-8,10H,4-6,9H2,1H3,(H,23,26)/t10-/m0/s1. The van der Waals surface area contributed by atoms with Crippen LogP contribution in [0.25, 0.3) is 11.1 Å². The fourth-order valence-corrected chi connectivity index (χ4v) is 3.40. The van der Waals surface area contributed by atoms with Gasteiger partial charge < -0.3 is 19.0 Å². The number of alkyl halides is 3. The first-order valence-corrected chi connectivity index (χ1v) is 8.66. The number of carbonyl (C=O) groups is 1. The van der Waals surface area contributed by atoms with E-state index in [4.69, 9.17) is 9.15 Å². The van der Waals surface area contributed by atoms with Gasteiger partial charge in [0.2, 0.25) is 17.6 Å². The summed E-state index contributed by atoms with van der Waals surface area (Å²) in [5, 5.41) is 2.81. The minimum atomic E-state index is -4.50. The number of nitrogens with zero attached hydrogens (tertiary/aromatic N) is 3. The number of hydrogen-bond acceptors (Lipinski definition) is 5. The van der Waals surface area contributed by atoms with Crippen LogP contribution < -0.4 is 5.32 Å². The Kier molecular flexibility index (Phi) is 4.58. The fraction of sp³-hybridized carbons (Fsp3) is 0.389. The average molecular weight is 394 g/mol. The molecule has 1 atom stereocenters. The molecule has 28 heavy (non-hydrogen) atoms. The number of aromatic nitrogens is 3. The van der Waals surface area contributed by atoms with E-state index in [0.717, 1.165) is 4.57 Å². The third-order valence-electron chi connectivity index (χ3n) is 4.69. The van der Waals surface area contributed by atoms with E-state index in [9.17, 15) is 18.0 Å². The highest BCUT2D eigenvalue weighted by Crippen LogP contribution is 2.32. The zero-order valence-electron chi connectivity index (χ0n) is 14.9. The summed E-state index contributed by atoms with van der Waals surface area (Å²) in [7, 11) is 1.54. The SMILES string of the molecule is COCc1nc2cc(NC(=O)[C@H]3CCn4c(cnc4C(F)(F)F)C3)ccc2o1. The Morgan fingerprint density at radius 3 is 3.00 bits per heavy atom. The van der Waals surface area contributed by atoms with E-state index in [0.29, 0.717) is 34.8 Å². The number of rotatable bonds is 4. The molecule has 2 aromatic heterocycles. The molecule has 1 amide bonds. The molecular formula is C18H17F3N4O3. The van der Waals surface area contributed by atoms with E-state index in [2.05, 4.69) is 15.3 Å². The lowest BCUT2D eigenvalue weighted by molar-refractivity contribution is -0.147. The van der Waals surface area contributed by atoms with Gasteiger partial charge in [-0.15, -0.1) is 0 Å². The number of methoxy groups -OCH3 is 1. The van der Waals surface area contributed by atoms with Gasteiger partial charge in [0.1, 0.15) is 12.1 Å². The van der Waals surface area contributed by atoms with Gasteiger partial charge in [-0.2, -0.15) is 13.2 Å². The summed E-state index contributed by atoms with van der Waals surface area (Å²) in [6.45, 7) is 0.344. The second-order valence-corrected chi connectivity index (χ2v) is 6.62. The maximum atomic E-state index is 12.9. The van der Waals surface area contributed by atoms with Gasteiger partial charge in [-0.3, -0.25) is 4.79 Å². The van der Waals surface area contributed by atoms with E-state index >= 15 is 0 Å². The van der Waals surface area contributed by atoms with Crippen molar-refractivity contribution in [3.63, 3.8) is 0 Å². The van der Waals surface area contributed by atoms with Gasteiger partial charge in [0.15, 0.2) is 5.58 Å². The summed E-state index contributed by atoms with van der Waals surface area (Å²) in [5.74, 6) is -1.16. The molecule has 10 heteroatoms. The molecule has 1 aliphatic rings. The van der Waals surface area contributed by atoms with Crippen molar-refractivity contribution in [2.24, 2.45) is 5.92 Å². The fourth-order valence-electron chi connectivity index (χ4n) is 3.40. The van der Waals surface area contributed by atoms with E-state index < -0.39 is 17.9 Å². The number of carbonyl (C=O) groups excluding carboxylic acids is 1. The summed E-state index contributed by atoms with van der Waals surface area (Å²) >= 11 is 0. The molecular weight excluding hydrogens is 377 g/mol. The van der Waals surface area contributed by atoms with Gasteiger partial charge in [0, 0.05) is 43.6 Å². The second kappa shape index (κ2) is 6.93. The van der Waals surface area contributed by atoms with Crippen LogP contribution in [0.3, 0.4) is 0 Å². The zero-order valence-corrected chi connectivity index (χ0v) is 14.9. The van der Waals surface area contributed by atoms with Crippen molar-refractivity contribution in [1.29, 1.82) is 0 Å². The number of imidazole rings is 1. The number of ether oxygens (including phenoxy) is 1. The van der Waals surface area contributed by atoms with Crippen molar-refractivity contribution in [2.45, 2.75) is 32.2 Å². The minimum absolute atomic E-state index is 0.102. The van der Waals surface area contributed by atoms with Gasteiger partial charge >= 0.3 is 6.18 Å². The van der Waals surface area contributed by atoms with Crippen LogP contribution in [0.5, 0.6) is 0 Å². The van der Waals surface area contributed by atoms with Crippen LogP contribution in [0.1, 0.15) is 23.8 Å². The topological polar surface area (TPSA) is 82.2 Å². The number of amides is 1. The number of benzene rings is 1. The quantitative estimate of drug-likeness (QED) is 0.734. The van der Waals surface area contributed by atoms with E-state index in [1.165, 1.54) is 13.3 Å². The maximum Gasteiger partial charge on any atom is 0.449 e. The Balaban J connectivity index is 1.47. The van der Waals surface area contributed by atoms with Crippen LogP contribution in [0.15, 0.2) is 28.8 Å². The lowest BCUT2D eigenvalue weighted by Crippen LogP contribution is -2.31. The molecule has 148 valence electrons. The molecule has 0 saturated heterocycles. The molecule has 0 fully saturated rings. The molecule has 7 nitrogen and oxygen atoms in total. The van der Waals surface area contributed by atoms with E-state index in [1.807, 2.05) is 0 Å². The first kappa shape index (κ1) is 18.5. The third-order valence-corrected chi connectivity index (χ3v) is 4.69. The van der Waals surface area contributed by atoms with E-state index in [-0.39, 0.29) is 25.5 Å². The van der Waals surface area contributed by atoms with Crippen molar-refractivity contribution in [3.05, 3.63) is 41.8 Å². The Labute approximate surface area is 157 Å². The van der Waals surface area contributed by atoms with Gasteiger partial charge in [0.25, 0.3) is 0 Å². The van der Waals surface area contributed by atoms with Crippen LogP contribution in [0, 0.1) is 5.92 Å². The summed E-state index contributed by atoms with van der Waals surface area (Å²) in [4.78, 5) is 20.4. The Morgan fingerprint density at radius 2 is 2.25 bits per heavy atom. The summed E-state index contributed by atoms with van der Waals surface area (Å²) in [6.07, 6.45) is -2.79. The molecule has 0 radical (unpaired) electrons. The summed E-state index contributed by atoms with van der Waals surface area (Å²) in [5.41, 5.74) is 2.12. The maximum absolute atomic E-state index is 12.9. The van der Waals surface area contributed by atoms with Crippen LogP contribution >= 0.6 is 0 Å². The molecule has 0 spiro atoms. The molecule has 0 unspecified atom stereocenters. The number of halogens is 3. The van der Waals surface area contributed by atoms with Crippen molar-refractivity contribution < 1.29 is 27.1 Å². The highest BCUT2D eigenvalue weighted by Gasteiger charge is 2.39. The molecule has 3 heterocycles. The first-order chi connectivity index (χ1) is 13.3. The molecule has 1 aliphatic heterocycles. The van der Waals surface area contributed by atoms with Gasteiger partial charge in [0.05, 0.1) is 0 Å². The molecule has 0 saturated carbocycles. The van der Waals surface area contributed by atoms with Gasteiger partial charge in [-0.05, 0) is 24.6 Å². The predicted molar refractivity (Wildman–Crippen MR) is 92.4 cm³/mol. The lowest BCUT2D eigenvalue weighted by Gasteiger charge is -2.24. The van der Waals surface area contributed by atoms with Crippen molar-refractivity contribution in [1.82, 2.24) is 14.5 Å². The number of anilines is 1. The summed E-state index contributed by atoms with van der Waals surface area (Å²) in [6, 6.07) is 5.07. The molecule has 1 N–H and O–H groups in total. The molecule has 0 aliphatic carbocycles. The number of hydrogen-bond donors (Lipinski definition) is 1. The van der Waals surface area contributed by atoms with Crippen LogP contribution in [-0.2, 0) is 35.3 Å². The normalized spacial score (nSPS) is 16.9. The Bertz CT molecular complexity index is 1020. The van der Waals surface area contributed by atoms with Crippen molar-refractivity contribution in [3.8, 4) is 0 Å². The largest absolute Gasteiger partial charge is 0.449 e. The van der Waals surface area contributed by atoms with Crippen LogP contribution in [0.2, 0.25) is 0 Å². The number of fused-ring (bicyclic) bond motifs is 2. The average Bonchev–Trinajstić information content (AvgIpc) is 3.24. The smallest absolute Gasteiger partial charge is 0.438 e. The van der Waals surface area contributed by atoms with Crippen LogP contribution in [-0.4, -0.2) is 27.6 Å².